The van der Waals surface area contributed by atoms with E-state index in [0.717, 1.165) is 45.3 Å². The van der Waals surface area contributed by atoms with E-state index in [9.17, 15) is 4.79 Å². The van der Waals surface area contributed by atoms with Crippen molar-refractivity contribution in [2.75, 3.05) is 26.7 Å². The van der Waals surface area contributed by atoms with Gasteiger partial charge in [0.25, 0.3) is 0 Å². The van der Waals surface area contributed by atoms with Crippen molar-refractivity contribution in [3.63, 3.8) is 0 Å². The maximum atomic E-state index is 11.8. The SMILES string of the molecule is CCCN(CCC)CC(NC)(C(N)=O)C1CC1. The predicted octanol–water partition coefficient (Wildman–Crippen LogP) is 0.962. The Hall–Kier alpha value is -0.610. The standard InChI is InChI=1S/C13H27N3O/c1-4-8-16(9-5-2)10-13(15-3,12(14)17)11-6-7-11/h11,15H,4-10H2,1-3H3,(H2,14,17). The van der Waals surface area contributed by atoms with E-state index in [1.807, 2.05) is 7.05 Å². The summed E-state index contributed by atoms with van der Waals surface area (Å²) < 4.78 is 0. The van der Waals surface area contributed by atoms with Crippen LogP contribution in [0, 0.1) is 5.92 Å². The highest BCUT2D eigenvalue weighted by Crippen LogP contribution is 2.40. The van der Waals surface area contributed by atoms with E-state index in [1.54, 1.807) is 0 Å². The van der Waals surface area contributed by atoms with Crippen LogP contribution in [0.3, 0.4) is 0 Å². The second-order valence-electron chi connectivity index (χ2n) is 5.14. The number of rotatable bonds is 9. The topological polar surface area (TPSA) is 58.4 Å². The van der Waals surface area contributed by atoms with Crippen LogP contribution in [-0.4, -0.2) is 43.0 Å². The second kappa shape index (κ2) is 6.36. The Morgan fingerprint density at radius 2 is 1.88 bits per heavy atom. The molecule has 1 aliphatic rings. The molecule has 0 aromatic heterocycles. The summed E-state index contributed by atoms with van der Waals surface area (Å²) in [6.07, 6.45) is 4.47. The van der Waals surface area contributed by atoms with Crippen LogP contribution >= 0.6 is 0 Å². The molecule has 0 saturated heterocycles. The molecule has 4 nitrogen and oxygen atoms in total. The molecular formula is C13H27N3O. The smallest absolute Gasteiger partial charge is 0.239 e. The van der Waals surface area contributed by atoms with Crippen molar-refractivity contribution < 1.29 is 4.79 Å². The summed E-state index contributed by atoms with van der Waals surface area (Å²) in [5, 5.41) is 3.21. The zero-order valence-corrected chi connectivity index (χ0v) is 11.5. The van der Waals surface area contributed by atoms with E-state index in [0.29, 0.717) is 5.92 Å². The molecule has 17 heavy (non-hydrogen) atoms. The van der Waals surface area contributed by atoms with Crippen molar-refractivity contribution in [3.8, 4) is 0 Å². The van der Waals surface area contributed by atoms with Gasteiger partial charge >= 0.3 is 0 Å². The van der Waals surface area contributed by atoms with Crippen LogP contribution in [0.15, 0.2) is 0 Å². The van der Waals surface area contributed by atoms with Crippen molar-refractivity contribution in [1.82, 2.24) is 10.2 Å². The average molecular weight is 241 g/mol. The Kier molecular flexibility index (Phi) is 5.40. The summed E-state index contributed by atoms with van der Waals surface area (Å²) in [6.45, 7) is 7.18. The summed E-state index contributed by atoms with van der Waals surface area (Å²) in [6, 6.07) is 0. The summed E-state index contributed by atoms with van der Waals surface area (Å²) in [4.78, 5) is 14.2. The molecule has 1 amide bonds. The van der Waals surface area contributed by atoms with Gasteiger partial charge in [-0.1, -0.05) is 13.8 Å². The average Bonchev–Trinajstić information content (AvgIpc) is 3.10. The maximum absolute atomic E-state index is 11.8. The first-order chi connectivity index (χ1) is 8.10. The van der Waals surface area contributed by atoms with Gasteiger partial charge in [-0.25, -0.2) is 0 Å². The lowest BCUT2D eigenvalue weighted by molar-refractivity contribution is -0.126. The minimum Gasteiger partial charge on any atom is -0.368 e. The molecule has 0 bridgehead atoms. The Bertz CT molecular complexity index is 247. The van der Waals surface area contributed by atoms with Gasteiger partial charge in [0.15, 0.2) is 0 Å². The van der Waals surface area contributed by atoms with Crippen molar-refractivity contribution in [2.45, 2.75) is 45.1 Å². The fraction of sp³-hybridized carbons (Fsp3) is 0.923. The van der Waals surface area contributed by atoms with Crippen molar-refractivity contribution in [2.24, 2.45) is 11.7 Å². The molecule has 1 aliphatic carbocycles. The van der Waals surface area contributed by atoms with Crippen LogP contribution in [0.4, 0.5) is 0 Å². The number of amides is 1. The monoisotopic (exact) mass is 241 g/mol. The Balaban J connectivity index is 2.72. The first-order valence-corrected chi connectivity index (χ1v) is 6.81. The van der Waals surface area contributed by atoms with E-state index < -0.39 is 5.54 Å². The van der Waals surface area contributed by atoms with Gasteiger partial charge in [0, 0.05) is 6.54 Å². The largest absolute Gasteiger partial charge is 0.368 e. The molecule has 3 N–H and O–H groups in total. The van der Waals surface area contributed by atoms with Gasteiger partial charge in [0.05, 0.1) is 0 Å². The number of primary amides is 1. The summed E-state index contributed by atoms with van der Waals surface area (Å²) in [7, 11) is 1.86. The highest BCUT2D eigenvalue weighted by Gasteiger charge is 2.49. The predicted molar refractivity (Wildman–Crippen MR) is 70.7 cm³/mol. The lowest BCUT2D eigenvalue weighted by atomic mass is 9.91. The van der Waals surface area contributed by atoms with Gasteiger partial charge in [-0.15, -0.1) is 0 Å². The molecule has 1 atom stereocenters. The Morgan fingerprint density at radius 1 is 1.35 bits per heavy atom. The first kappa shape index (κ1) is 14.5. The van der Waals surface area contributed by atoms with Crippen molar-refractivity contribution in [1.29, 1.82) is 0 Å². The molecule has 1 saturated carbocycles. The minimum absolute atomic E-state index is 0.195. The van der Waals surface area contributed by atoms with E-state index in [4.69, 9.17) is 5.73 Å². The number of carbonyl (C=O) groups is 1. The fourth-order valence-corrected chi connectivity index (χ4v) is 2.65. The van der Waals surface area contributed by atoms with Crippen LogP contribution in [-0.2, 0) is 4.79 Å². The number of hydrogen-bond acceptors (Lipinski definition) is 3. The number of nitrogens with two attached hydrogens (primary N) is 1. The fourth-order valence-electron chi connectivity index (χ4n) is 2.65. The third kappa shape index (κ3) is 3.42. The van der Waals surface area contributed by atoms with Crippen molar-refractivity contribution in [3.05, 3.63) is 0 Å². The Morgan fingerprint density at radius 3 is 2.18 bits per heavy atom. The van der Waals surface area contributed by atoms with E-state index in [-0.39, 0.29) is 5.91 Å². The van der Waals surface area contributed by atoms with Gasteiger partial charge in [-0.3, -0.25) is 4.79 Å². The normalized spacial score (nSPS) is 19.3. The van der Waals surface area contributed by atoms with Crippen LogP contribution in [0.5, 0.6) is 0 Å². The molecular weight excluding hydrogens is 214 g/mol. The van der Waals surface area contributed by atoms with Gasteiger partial charge in [-0.2, -0.15) is 0 Å². The molecule has 0 radical (unpaired) electrons. The molecule has 0 spiro atoms. The number of carbonyl (C=O) groups excluding carboxylic acids is 1. The molecule has 0 aromatic carbocycles. The van der Waals surface area contributed by atoms with E-state index in [1.165, 1.54) is 0 Å². The quantitative estimate of drug-likeness (QED) is 0.632. The summed E-state index contributed by atoms with van der Waals surface area (Å²) in [5.41, 5.74) is 5.13. The summed E-state index contributed by atoms with van der Waals surface area (Å²) >= 11 is 0. The van der Waals surface area contributed by atoms with Gasteiger partial charge < -0.3 is 16.0 Å². The zero-order chi connectivity index (χ0) is 12.9. The second-order valence-corrected chi connectivity index (χ2v) is 5.14. The van der Waals surface area contributed by atoms with Crippen LogP contribution < -0.4 is 11.1 Å². The van der Waals surface area contributed by atoms with Gasteiger partial charge in [0.1, 0.15) is 5.54 Å². The van der Waals surface area contributed by atoms with Crippen LogP contribution in [0.2, 0.25) is 0 Å². The lowest BCUT2D eigenvalue weighted by Gasteiger charge is -2.36. The van der Waals surface area contributed by atoms with Crippen LogP contribution in [0.1, 0.15) is 39.5 Å². The van der Waals surface area contributed by atoms with E-state index in [2.05, 4.69) is 24.1 Å². The minimum atomic E-state index is -0.510. The Labute approximate surface area is 105 Å². The first-order valence-electron chi connectivity index (χ1n) is 6.81. The number of hydrogen-bond donors (Lipinski definition) is 2. The third-order valence-electron chi connectivity index (χ3n) is 3.71. The molecule has 0 aromatic rings. The third-order valence-corrected chi connectivity index (χ3v) is 3.71. The number of nitrogens with zero attached hydrogens (tertiary/aromatic N) is 1. The molecule has 0 aliphatic heterocycles. The highest BCUT2D eigenvalue weighted by atomic mass is 16.1. The van der Waals surface area contributed by atoms with Crippen LogP contribution in [0.25, 0.3) is 0 Å². The molecule has 0 heterocycles. The molecule has 1 fully saturated rings. The molecule has 100 valence electrons. The number of nitrogens with one attached hydrogen (secondary N) is 1. The molecule has 4 heteroatoms. The number of likely N-dealkylation sites (N-methyl/N-ethyl adjacent to an activating group) is 1. The zero-order valence-electron chi connectivity index (χ0n) is 11.5. The van der Waals surface area contributed by atoms with E-state index >= 15 is 0 Å². The molecule has 1 rings (SSSR count). The maximum Gasteiger partial charge on any atom is 0.239 e. The molecule has 1 unspecified atom stereocenters. The lowest BCUT2D eigenvalue weighted by Crippen LogP contribution is -2.62. The highest BCUT2D eigenvalue weighted by molar-refractivity contribution is 5.85. The van der Waals surface area contributed by atoms with Gasteiger partial charge in [-0.05, 0) is 51.7 Å². The summed E-state index contributed by atoms with van der Waals surface area (Å²) in [5.74, 6) is 0.237. The van der Waals surface area contributed by atoms with Crippen molar-refractivity contribution >= 4 is 5.91 Å². The van der Waals surface area contributed by atoms with Gasteiger partial charge in [0.2, 0.25) is 5.91 Å².